The molecule has 1 fully saturated rings. The van der Waals surface area contributed by atoms with E-state index in [0.717, 1.165) is 16.6 Å². The number of nitrogens with one attached hydrogen (secondary N) is 3. The minimum Gasteiger partial charge on any atom is -0.355 e. The molecule has 3 rings (SSSR count). The molecular weight excluding hydrogens is 432 g/mol. The summed E-state index contributed by atoms with van der Waals surface area (Å²) in [5, 5.41) is 10.4. The van der Waals surface area contributed by atoms with Crippen LogP contribution in [0.3, 0.4) is 0 Å². The molecule has 1 saturated carbocycles. The van der Waals surface area contributed by atoms with Gasteiger partial charge in [-0.2, -0.15) is 0 Å². The maximum Gasteiger partial charge on any atom is 0.234 e. The SMILES string of the molecule is CC(=O)Nc1cccc(NC(=O)CSc2nc(CC(=O)NCC3CCCCC3)cs2)c1. The summed E-state index contributed by atoms with van der Waals surface area (Å²) in [6.45, 7) is 2.19. The van der Waals surface area contributed by atoms with Crippen molar-refractivity contribution in [1.82, 2.24) is 10.3 Å². The molecule has 0 saturated heterocycles. The molecule has 0 unspecified atom stereocenters. The zero-order valence-electron chi connectivity index (χ0n) is 17.6. The number of hydrogen-bond acceptors (Lipinski definition) is 6. The van der Waals surface area contributed by atoms with Crippen LogP contribution < -0.4 is 16.0 Å². The quantitative estimate of drug-likeness (QED) is 0.490. The third kappa shape index (κ3) is 8.34. The monoisotopic (exact) mass is 460 g/mol. The Morgan fingerprint density at radius 3 is 2.58 bits per heavy atom. The Labute approximate surface area is 190 Å². The van der Waals surface area contributed by atoms with Gasteiger partial charge in [0.05, 0.1) is 17.9 Å². The van der Waals surface area contributed by atoms with Crippen molar-refractivity contribution >= 4 is 52.2 Å². The van der Waals surface area contributed by atoms with Crippen LogP contribution >= 0.6 is 23.1 Å². The second kappa shape index (κ2) is 11.9. The fourth-order valence-corrected chi connectivity index (χ4v) is 5.16. The fraction of sp³-hybridized carbons (Fsp3) is 0.455. The molecule has 7 nitrogen and oxygen atoms in total. The molecule has 1 aliphatic carbocycles. The highest BCUT2D eigenvalue weighted by molar-refractivity contribution is 8.01. The first-order valence-electron chi connectivity index (χ1n) is 10.5. The van der Waals surface area contributed by atoms with Gasteiger partial charge in [0.25, 0.3) is 0 Å². The largest absolute Gasteiger partial charge is 0.355 e. The van der Waals surface area contributed by atoms with Gasteiger partial charge in [0.1, 0.15) is 0 Å². The summed E-state index contributed by atoms with van der Waals surface area (Å²) in [5.41, 5.74) is 1.98. The minimum atomic E-state index is -0.165. The molecule has 0 atom stereocenters. The summed E-state index contributed by atoms with van der Waals surface area (Å²) in [4.78, 5) is 40.0. The van der Waals surface area contributed by atoms with E-state index in [0.29, 0.717) is 17.3 Å². The van der Waals surface area contributed by atoms with Crippen LogP contribution in [0.5, 0.6) is 0 Å². The van der Waals surface area contributed by atoms with Crippen molar-refractivity contribution in [1.29, 1.82) is 0 Å². The molecule has 0 aliphatic heterocycles. The van der Waals surface area contributed by atoms with Crippen LogP contribution in [0.25, 0.3) is 0 Å². The lowest BCUT2D eigenvalue weighted by Crippen LogP contribution is -2.31. The topological polar surface area (TPSA) is 100 Å². The average molecular weight is 461 g/mol. The van der Waals surface area contributed by atoms with Gasteiger partial charge in [0.2, 0.25) is 17.7 Å². The van der Waals surface area contributed by atoms with Crippen molar-refractivity contribution < 1.29 is 14.4 Å². The van der Waals surface area contributed by atoms with Crippen LogP contribution in [0.1, 0.15) is 44.7 Å². The van der Waals surface area contributed by atoms with Crippen molar-refractivity contribution in [2.24, 2.45) is 5.92 Å². The van der Waals surface area contributed by atoms with Gasteiger partial charge in [-0.15, -0.1) is 11.3 Å². The smallest absolute Gasteiger partial charge is 0.234 e. The number of amides is 3. The maximum atomic E-state index is 12.2. The molecule has 0 bridgehead atoms. The number of carbonyl (C=O) groups is 3. The van der Waals surface area contributed by atoms with Gasteiger partial charge in [-0.1, -0.05) is 37.1 Å². The van der Waals surface area contributed by atoms with E-state index in [-0.39, 0.29) is 29.9 Å². The average Bonchev–Trinajstić information content (AvgIpc) is 3.18. The molecule has 9 heteroatoms. The molecule has 0 radical (unpaired) electrons. The molecule has 166 valence electrons. The minimum absolute atomic E-state index is 0.00391. The zero-order valence-corrected chi connectivity index (χ0v) is 19.2. The van der Waals surface area contributed by atoms with Gasteiger partial charge in [-0.25, -0.2) is 4.98 Å². The number of thioether (sulfide) groups is 1. The van der Waals surface area contributed by atoms with Gasteiger partial charge in [0, 0.05) is 30.2 Å². The van der Waals surface area contributed by atoms with Crippen LogP contribution in [-0.4, -0.2) is 35.0 Å². The Balaban J connectivity index is 1.39. The molecule has 0 spiro atoms. The number of rotatable bonds is 9. The van der Waals surface area contributed by atoms with Crippen molar-refractivity contribution in [3.8, 4) is 0 Å². The number of aromatic nitrogens is 1. The van der Waals surface area contributed by atoms with Crippen molar-refractivity contribution in [3.63, 3.8) is 0 Å². The number of anilines is 2. The predicted molar refractivity (Wildman–Crippen MR) is 126 cm³/mol. The first-order chi connectivity index (χ1) is 15.0. The highest BCUT2D eigenvalue weighted by Gasteiger charge is 2.15. The van der Waals surface area contributed by atoms with Gasteiger partial charge < -0.3 is 16.0 Å². The Morgan fingerprint density at radius 1 is 1.10 bits per heavy atom. The third-order valence-corrected chi connectivity index (χ3v) is 7.05. The van der Waals surface area contributed by atoms with Crippen LogP contribution in [0.2, 0.25) is 0 Å². The molecule has 1 aromatic carbocycles. The fourth-order valence-electron chi connectivity index (χ4n) is 3.51. The first-order valence-corrected chi connectivity index (χ1v) is 12.4. The Kier molecular flexibility index (Phi) is 8.90. The summed E-state index contributed by atoms with van der Waals surface area (Å²) in [6.07, 6.45) is 6.52. The van der Waals surface area contributed by atoms with Crippen LogP contribution in [-0.2, 0) is 20.8 Å². The van der Waals surface area contributed by atoms with Gasteiger partial charge >= 0.3 is 0 Å². The van der Waals surface area contributed by atoms with Gasteiger partial charge in [0.15, 0.2) is 4.34 Å². The number of thiazole rings is 1. The molecule has 31 heavy (non-hydrogen) atoms. The summed E-state index contributed by atoms with van der Waals surface area (Å²) in [7, 11) is 0. The Morgan fingerprint density at radius 2 is 1.84 bits per heavy atom. The summed E-state index contributed by atoms with van der Waals surface area (Å²) in [5.74, 6) is 0.500. The molecule has 3 amide bonds. The second-order valence-electron chi connectivity index (χ2n) is 7.69. The van der Waals surface area contributed by atoms with E-state index >= 15 is 0 Å². The Hall–Kier alpha value is -2.39. The predicted octanol–water partition coefficient (Wildman–Crippen LogP) is 4.07. The van der Waals surface area contributed by atoms with E-state index in [1.165, 1.54) is 62.1 Å². The normalized spacial score (nSPS) is 14.1. The summed E-state index contributed by atoms with van der Waals surface area (Å²) < 4.78 is 0.761. The molecule has 2 aromatic rings. The van der Waals surface area contributed by atoms with E-state index in [9.17, 15) is 14.4 Å². The molecule has 3 N–H and O–H groups in total. The molecule has 1 heterocycles. The number of carbonyl (C=O) groups excluding carboxylic acids is 3. The Bertz CT molecular complexity index is 910. The molecule has 1 aromatic heterocycles. The standard InChI is InChI=1S/C22H28N4O3S2/c1-15(27)24-17-8-5-9-18(10-17)25-21(29)14-31-22-26-19(13-30-22)11-20(28)23-12-16-6-3-2-4-7-16/h5,8-10,13,16H,2-4,6-7,11-12,14H2,1H3,(H,23,28)(H,24,27)(H,25,29). The third-order valence-electron chi connectivity index (χ3n) is 4.98. The number of benzene rings is 1. The molecular formula is C22H28N4O3S2. The van der Waals surface area contributed by atoms with Gasteiger partial charge in [-0.05, 0) is 37.0 Å². The van der Waals surface area contributed by atoms with Crippen LogP contribution in [0.4, 0.5) is 11.4 Å². The van der Waals surface area contributed by atoms with Crippen molar-refractivity contribution in [3.05, 3.63) is 35.3 Å². The van der Waals surface area contributed by atoms with E-state index in [1.807, 2.05) is 5.38 Å². The zero-order chi connectivity index (χ0) is 22.1. The lowest BCUT2D eigenvalue weighted by Gasteiger charge is -2.21. The summed E-state index contributed by atoms with van der Waals surface area (Å²) >= 11 is 2.78. The van der Waals surface area contributed by atoms with Crippen LogP contribution in [0, 0.1) is 5.92 Å². The van der Waals surface area contributed by atoms with E-state index < -0.39 is 0 Å². The van der Waals surface area contributed by atoms with E-state index in [2.05, 4.69) is 20.9 Å². The second-order valence-corrected chi connectivity index (χ2v) is 9.77. The summed E-state index contributed by atoms with van der Waals surface area (Å²) in [6, 6.07) is 6.99. The lowest BCUT2D eigenvalue weighted by molar-refractivity contribution is -0.120. The lowest BCUT2D eigenvalue weighted by atomic mass is 9.89. The first kappa shape index (κ1) is 23.3. The van der Waals surface area contributed by atoms with Crippen molar-refractivity contribution in [2.75, 3.05) is 22.9 Å². The molecule has 1 aliphatic rings. The maximum absolute atomic E-state index is 12.2. The van der Waals surface area contributed by atoms with Gasteiger partial charge in [-0.3, -0.25) is 14.4 Å². The highest BCUT2D eigenvalue weighted by Crippen LogP contribution is 2.24. The van der Waals surface area contributed by atoms with Crippen LogP contribution in [0.15, 0.2) is 34.0 Å². The number of hydrogen-bond donors (Lipinski definition) is 3. The van der Waals surface area contributed by atoms with E-state index in [1.54, 1.807) is 24.3 Å². The number of nitrogens with zero attached hydrogens (tertiary/aromatic N) is 1. The van der Waals surface area contributed by atoms with Crippen molar-refractivity contribution in [2.45, 2.75) is 49.8 Å². The van der Waals surface area contributed by atoms with E-state index in [4.69, 9.17) is 0 Å². The highest BCUT2D eigenvalue weighted by atomic mass is 32.2.